The first-order valence-electron chi connectivity index (χ1n) is 6.30. The highest BCUT2D eigenvalue weighted by Crippen LogP contribution is 1.99. The fraction of sp³-hybridized carbons (Fsp3) is 0.615. The Bertz CT molecular complexity index is 365. The molecule has 0 fully saturated rings. The Balaban J connectivity index is 0.00000324. The summed E-state index contributed by atoms with van der Waals surface area (Å²) in [4.78, 5) is 4.21. The van der Waals surface area contributed by atoms with Crippen LogP contribution in [0.1, 0.15) is 18.4 Å². The summed E-state index contributed by atoms with van der Waals surface area (Å²) < 4.78 is 2.05. The van der Waals surface area contributed by atoms with Gasteiger partial charge in [-0.2, -0.15) is 11.8 Å². The van der Waals surface area contributed by atoms with E-state index in [1.165, 1.54) is 24.2 Å². The van der Waals surface area contributed by atoms with Crippen molar-refractivity contribution < 1.29 is 0 Å². The maximum Gasteiger partial charge on any atom is 0.191 e. The van der Waals surface area contributed by atoms with Crippen LogP contribution in [0.15, 0.2) is 23.5 Å². The maximum atomic E-state index is 4.21. The Morgan fingerprint density at radius 3 is 2.74 bits per heavy atom. The third-order valence-corrected chi connectivity index (χ3v) is 3.34. The van der Waals surface area contributed by atoms with Gasteiger partial charge in [0.1, 0.15) is 0 Å². The molecule has 0 radical (unpaired) electrons. The quantitative estimate of drug-likeness (QED) is 0.322. The van der Waals surface area contributed by atoms with Crippen molar-refractivity contribution in [2.45, 2.75) is 19.4 Å². The van der Waals surface area contributed by atoms with Gasteiger partial charge in [0.2, 0.25) is 0 Å². The molecule has 1 heterocycles. The molecular formula is C13H25IN4S. The molecule has 110 valence electrons. The molecule has 0 aliphatic heterocycles. The number of nitrogens with zero attached hydrogens (tertiary/aromatic N) is 2. The van der Waals surface area contributed by atoms with Crippen molar-refractivity contribution in [2.24, 2.45) is 12.0 Å². The Morgan fingerprint density at radius 2 is 2.16 bits per heavy atom. The fourth-order valence-electron chi connectivity index (χ4n) is 1.65. The van der Waals surface area contributed by atoms with Gasteiger partial charge in [0.25, 0.3) is 0 Å². The van der Waals surface area contributed by atoms with E-state index in [0.717, 1.165) is 19.0 Å². The van der Waals surface area contributed by atoms with Gasteiger partial charge in [-0.05, 0) is 36.5 Å². The molecule has 19 heavy (non-hydrogen) atoms. The molecule has 0 aliphatic rings. The molecular weight excluding hydrogens is 371 g/mol. The molecule has 0 aliphatic carbocycles. The van der Waals surface area contributed by atoms with E-state index in [9.17, 15) is 0 Å². The molecule has 1 aromatic rings. The lowest BCUT2D eigenvalue weighted by Crippen LogP contribution is -2.37. The minimum absolute atomic E-state index is 0. The van der Waals surface area contributed by atoms with Crippen molar-refractivity contribution in [1.29, 1.82) is 0 Å². The van der Waals surface area contributed by atoms with E-state index in [1.807, 2.05) is 25.9 Å². The second kappa shape index (κ2) is 11.5. The molecule has 0 saturated heterocycles. The summed E-state index contributed by atoms with van der Waals surface area (Å²) in [5, 5.41) is 6.64. The second-order valence-electron chi connectivity index (χ2n) is 4.24. The number of rotatable bonds is 7. The number of hydrogen-bond acceptors (Lipinski definition) is 2. The largest absolute Gasteiger partial charge is 0.357 e. The topological polar surface area (TPSA) is 41.4 Å². The first-order chi connectivity index (χ1) is 8.76. The summed E-state index contributed by atoms with van der Waals surface area (Å²) in [5.74, 6) is 2.11. The predicted octanol–water partition coefficient (Wildman–Crippen LogP) is 2.45. The summed E-state index contributed by atoms with van der Waals surface area (Å²) >= 11 is 1.90. The third-order valence-electron chi connectivity index (χ3n) is 2.64. The van der Waals surface area contributed by atoms with Crippen LogP contribution in [0.4, 0.5) is 0 Å². The molecule has 0 atom stereocenters. The van der Waals surface area contributed by atoms with Gasteiger partial charge in [0.15, 0.2) is 5.96 Å². The molecule has 2 N–H and O–H groups in total. The summed E-state index contributed by atoms with van der Waals surface area (Å²) in [6.07, 6.45) is 8.75. The van der Waals surface area contributed by atoms with Crippen LogP contribution in [0.2, 0.25) is 0 Å². The van der Waals surface area contributed by atoms with Crippen LogP contribution in [-0.2, 0) is 13.6 Å². The van der Waals surface area contributed by atoms with E-state index in [0.29, 0.717) is 0 Å². The van der Waals surface area contributed by atoms with Crippen molar-refractivity contribution in [1.82, 2.24) is 15.2 Å². The summed E-state index contributed by atoms with van der Waals surface area (Å²) in [5.41, 5.74) is 1.27. The van der Waals surface area contributed by atoms with E-state index in [1.54, 1.807) is 0 Å². The van der Waals surface area contributed by atoms with Crippen LogP contribution in [0, 0.1) is 0 Å². The van der Waals surface area contributed by atoms with Crippen LogP contribution >= 0.6 is 35.7 Å². The van der Waals surface area contributed by atoms with Crippen LogP contribution in [-0.4, -0.2) is 36.1 Å². The monoisotopic (exact) mass is 396 g/mol. The standard InChI is InChI=1S/C13H24N4S.HI/c1-14-13(15-7-4-5-9-18-3)16-10-12-6-8-17(2)11-12;/h6,8,11H,4-5,7,9-10H2,1-3H3,(H2,14,15,16);1H. The lowest BCUT2D eigenvalue weighted by atomic mass is 10.3. The lowest BCUT2D eigenvalue weighted by molar-refractivity contribution is 0.732. The van der Waals surface area contributed by atoms with Crippen molar-refractivity contribution in [2.75, 3.05) is 25.6 Å². The smallest absolute Gasteiger partial charge is 0.191 e. The van der Waals surface area contributed by atoms with E-state index in [-0.39, 0.29) is 24.0 Å². The first kappa shape index (κ1) is 18.6. The molecule has 0 unspecified atom stereocenters. The Labute approximate surface area is 137 Å². The van der Waals surface area contributed by atoms with E-state index in [4.69, 9.17) is 0 Å². The molecule has 4 nitrogen and oxygen atoms in total. The van der Waals surface area contributed by atoms with Gasteiger partial charge in [-0.1, -0.05) is 0 Å². The molecule has 6 heteroatoms. The predicted molar refractivity (Wildman–Crippen MR) is 96.6 cm³/mol. The Morgan fingerprint density at radius 1 is 1.37 bits per heavy atom. The van der Waals surface area contributed by atoms with Gasteiger partial charge in [-0.15, -0.1) is 24.0 Å². The van der Waals surface area contributed by atoms with E-state index in [2.05, 4.69) is 44.9 Å². The number of aromatic nitrogens is 1. The molecule has 0 aromatic carbocycles. The number of aliphatic imine (C=N–C) groups is 1. The van der Waals surface area contributed by atoms with Gasteiger partial charge in [0, 0.05) is 39.6 Å². The van der Waals surface area contributed by atoms with Crippen LogP contribution in [0.25, 0.3) is 0 Å². The van der Waals surface area contributed by atoms with Crippen molar-refractivity contribution in [3.05, 3.63) is 24.0 Å². The molecule has 0 spiro atoms. The average Bonchev–Trinajstić information content (AvgIpc) is 2.78. The second-order valence-corrected chi connectivity index (χ2v) is 5.22. The zero-order valence-electron chi connectivity index (χ0n) is 12.0. The van der Waals surface area contributed by atoms with Crippen molar-refractivity contribution >= 4 is 41.7 Å². The number of unbranched alkanes of at least 4 members (excludes halogenated alkanes) is 1. The van der Waals surface area contributed by atoms with Crippen LogP contribution < -0.4 is 10.6 Å². The highest BCUT2D eigenvalue weighted by atomic mass is 127. The minimum atomic E-state index is 0. The van der Waals surface area contributed by atoms with E-state index >= 15 is 0 Å². The first-order valence-corrected chi connectivity index (χ1v) is 7.70. The highest BCUT2D eigenvalue weighted by molar-refractivity contribution is 14.0. The Kier molecular flexibility index (Phi) is 11.2. The summed E-state index contributed by atoms with van der Waals surface area (Å²) in [7, 11) is 3.84. The van der Waals surface area contributed by atoms with Crippen molar-refractivity contribution in [3.8, 4) is 0 Å². The van der Waals surface area contributed by atoms with Crippen molar-refractivity contribution in [3.63, 3.8) is 0 Å². The summed E-state index contributed by atoms with van der Waals surface area (Å²) in [6.45, 7) is 1.79. The fourth-order valence-corrected chi connectivity index (χ4v) is 2.14. The molecule has 1 aromatic heterocycles. The van der Waals surface area contributed by atoms with Crippen LogP contribution in [0.3, 0.4) is 0 Å². The molecule has 1 rings (SSSR count). The highest BCUT2D eigenvalue weighted by Gasteiger charge is 1.98. The SMILES string of the molecule is CN=C(NCCCCSC)NCc1ccn(C)c1.I. The lowest BCUT2D eigenvalue weighted by Gasteiger charge is -2.11. The normalized spacial score (nSPS) is 11.0. The maximum absolute atomic E-state index is 4.21. The number of halogens is 1. The molecule has 0 amide bonds. The van der Waals surface area contributed by atoms with Gasteiger partial charge < -0.3 is 15.2 Å². The van der Waals surface area contributed by atoms with Gasteiger partial charge in [-0.3, -0.25) is 4.99 Å². The third kappa shape index (κ3) is 8.41. The minimum Gasteiger partial charge on any atom is -0.357 e. The number of thioether (sulfide) groups is 1. The molecule has 0 bridgehead atoms. The van der Waals surface area contributed by atoms with E-state index < -0.39 is 0 Å². The zero-order chi connectivity index (χ0) is 13.2. The Hall–Kier alpha value is -0.370. The number of guanidine groups is 1. The van der Waals surface area contributed by atoms with Gasteiger partial charge in [0.05, 0.1) is 0 Å². The number of nitrogens with one attached hydrogen (secondary N) is 2. The van der Waals surface area contributed by atoms with Gasteiger partial charge in [-0.25, -0.2) is 0 Å². The average molecular weight is 396 g/mol. The molecule has 0 saturated carbocycles. The zero-order valence-corrected chi connectivity index (χ0v) is 15.1. The van der Waals surface area contributed by atoms with Gasteiger partial charge >= 0.3 is 0 Å². The number of hydrogen-bond donors (Lipinski definition) is 2. The van der Waals surface area contributed by atoms with Crippen LogP contribution in [0.5, 0.6) is 0 Å². The number of aryl methyl sites for hydroxylation is 1. The summed E-state index contributed by atoms with van der Waals surface area (Å²) in [6, 6.07) is 2.11.